The Balaban J connectivity index is 2.03. The minimum atomic E-state index is 0.223. The quantitative estimate of drug-likeness (QED) is 0.656. The monoisotopic (exact) mass is 253 g/mol. The van der Waals surface area contributed by atoms with Gasteiger partial charge in [-0.05, 0) is 19.8 Å². The first-order valence-electron chi connectivity index (χ1n) is 5.69. The summed E-state index contributed by atoms with van der Waals surface area (Å²) in [6.45, 7) is 2.86. The van der Waals surface area contributed by atoms with E-state index in [-0.39, 0.29) is 5.38 Å². The van der Waals surface area contributed by atoms with Gasteiger partial charge < -0.3 is 5.32 Å². The smallest absolute Gasteiger partial charge is 0.163 e. The van der Waals surface area contributed by atoms with Crippen molar-refractivity contribution in [1.82, 2.24) is 19.7 Å². The third-order valence-corrected chi connectivity index (χ3v) is 2.82. The largest absolute Gasteiger partial charge is 0.369 e. The van der Waals surface area contributed by atoms with E-state index in [2.05, 4.69) is 20.4 Å². The lowest BCUT2D eigenvalue weighted by atomic mass is 10.2. The Hall–Kier alpha value is -1.36. The van der Waals surface area contributed by atoms with Gasteiger partial charge >= 0.3 is 0 Å². The molecule has 0 fully saturated rings. The Morgan fingerprint density at radius 1 is 1.47 bits per heavy atom. The highest BCUT2D eigenvalue weighted by atomic mass is 35.5. The zero-order valence-electron chi connectivity index (χ0n) is 10.0. The molecule has 0 bridgehead atoms. The highest BCUT2D eigenvalue weighted by molar-refractivity contribution is 6.20. The summed E-state index contributed by atoms with van der Waals surface area (Å²) >= 11 is 5.89. The predicted octanol–water partition coefficient (Wildman–Crippen LogP) is 2.18. The van der Waals surface area contributed by atoms with Crippen LogP contribution in [0.15, 0.2) is 12.5 Å². The van der Waals surface area contributed by atoms with Gasteiger partial charge in [-0.15, -0.1) is 11.6 Å². The van der Waals surface area contributed by atoms with Crippen LogP contribution in [0.3, 0.4) is 0 Å². The molecule has 0 aliphatic heterocycles. The van der Waals surface area contributed by atoms with Gasteiger partial charge in [0, 0.05) is 19.0 Å². The van der Waals surface area contributed by atoms with Crippen molar-refractivity contribution in [1.29, 1.82) is 0 Å². The second kappa shape index (κ2) is 5.31. The predicted molar refractivity (Wildman–Crippen MR) is 69.3 cm³/mol. The van der Waals surface area contributed by atoms with Crippen molar-refractivity contribution in [2.45, 2.75) is 25.1 Å². The summed E-state index contributed by atoms with van der Waals surface area (Å²) in [5.41, 5.74) is 0.841. The second-order valence-corrected chi connectivity index (χ2v) is 4.82. The van der Waals surface area contributed by atoms with Gasteiger partial charge in [0.25, 0.3) is 0 Å². The van der Waals surface area contributed by atoms with Crippen LogP contribution < -0.4 is 5.32 Å². The fourth-order valence-corrected chi connectivity index (χ4v) is 1.85. The molecule has 6 heteroatoms. The van der Waals surface area contributed by atoms with Crippen molar-refractivity contribution in [3.05, 3.63) is 12.5 Å². The molecule has 1 atom stereocenters. The van der Waals surface area contributed by atoms with Crippen molar-refractivity contribution < 1.29 is 0 Å². The van der Waals surface area contributed by atoms with E-state index in [4.69, 9.17) is 11.6 Å². The Labute approximate surface area is 105 Å². The molecule has 92 valence electrons. The normalized spacial score (nSPS) is 12.9. The highest BCUT2D eigenvalue weighted by Gasteiger charge is 2.06. The van der Waals surface area contributed by atoms with Crippen molar-refractivity contribution in [2.24, 2.45) is 7.05 Å². The van der Waals surface area contributed by atoms with E-state index in [0.717, 1.165) is 36.2 Å². The first-order valence-corrected chi connectivity index (χ1v) is 6.13. The van der Waals surface area contributed by atoms with Crippen LogP contribution in [0.4, 0.5) is 5.82 Å². The molecule has 0 aliphatic rings. The Kier molecular flexibility index (Phi) is 3.78. The van der Waals surface area contributed by atoms with E-state index in [1.165, 1.54) is 0 Å². The zero-order valence-corrected chi connectivity index (χ0v) is 10.8. The number of nitrogens with one attached hydrogen (secondary N) is 1. The van der Waals surface area contributed by atoms with E-state index in [9.17, 15) is 0 Å². The number of hydrogen-bond acceptors (Lipinski definition) is 4. The van der Waals surface area contributed by atoms with Crippen LogP contribution in [0.25, 0.3) is 11.0 Å². The number of alkyl halides is 1. The van der Waals surface area contributed by atoms with E-state index in [1.807, 2.05) is 14.0 Å². The van der Waals surface area contributed by atoms with Gasteiger partial charge in [-0.1, -0.05) is 0 Å². The highest BCUT2D eigenvalue weighted by Crippen LogP contribution is 2.17. The van der Waals surface area contributed by atoms with Gasteiger partial charge in [-0.2, -0.15) is 5.10 Å². The van der Waals surface area contributed by atoms with E-state index < -0.39 is 0 Å². The number of rotatable bonds is 5. The van der Waals surface area contributed by atoms with Crippen LogP contribution in [0.1, 0.15) is 19.8 Å². The molecule has 0 aliphatic carbocycles. The minimum absolute atomic E-state index is 0.223. The van der Waals surface area contributed by atoms with Gasteiger partial charge in [0.1, 0.15) is 12.1 Å². The number of anilines is 1. The molecule has 1 unspecified atom stereocenters. The zero-order chi connectivity index (χ0) is 12.3. The van der Waals surface area contributed by atoms with Crippen LogP contribution in [0.2, 0.25) is 0 Å². The lowest BCUT2D eigenvalue weighted by Crippen LogP contribution is -2.06. The summed E-state index contributed by atoms with van der Waals surface area (Å²) in [6.07, 6.45) is 5.35. The molecule has 17 heavy (non-hydrogen) atoms. The van der Waals surface area contributed by atoms with E-state index in [1.54, 1.807) is 17.2 Å². The van der Waals surface area contributed by atoms with Gasteiger partial charge in [0.05, 0.1) is 11.6 Å². The lowest BCUT2D eigenvalue weighted by Gasteiger charge is -2.06. The number of fused-ring (bicyclic) bond motifs is 1. The maximum absolute atomic E-state index is 5.89. The van der Waals surface area contributed by atoms with Gasteiger partial charge in [-0.25, -0.2) is 9.97 Å². The first-order chi connectivity index (χ1) is 8.18. The van der Waals surface area contributed by atoms with Gasteiger partial charge in [-0.3, -0.25) is 4.68 Å². The van der Waals surface area contributed by atoms with Gasteiger partial charge in [0.2, 0.25) is 0 Å². The summed E-state index contributed by atoms with van der Waals surface area (Å²) in [5.74, 6) is 0.838. The molecule has 2 aromatic heterocycles. The van der Waals surface area contributed by atoms with Crippen LogP contribution >= 0.6 is 11.6 Å². The van der Waals surface area contributed by atoms with Crippen LogP contribution in [0.5, 0.6) is 0 Å². The molecule has 0 radical (unpaired) electrons. The number of aromatic nitrogens is 4. The molecule has 2 aromatic rings. The molecule has 0 amide bonds. The first kappa shape index (κ1) is 12.1. The number of halogens is 1. The fraction of sp³-hybridized carbons (Fsp3) is 0.545. The van der Waals surface area contributed by atoms with Crippen LogP contribution in [-0.4, -0.2) is 31.7 Å². The molecule has 2 heterocycles. The molecule has 2 rings (SSSR count). The summed E-state index contributed by atoms with van der Waals surface area (Å²) in [6, 6.07) is 0. The molecule has 0 saturated heterocycles. The molecular weight excluding hydrogens is 238 g/mol. The lowest BCUT2D eigenvalue weighted by molar-refractivity contribution is 0.749. The summed E-state index contributed by atoms with van der Waals surface area (Å²) < 4.78 is 1.74. The van der Waals surface area contributed by atoms with Crippen molar-refractivity contribution in [2.75, 3.05) is 11.9 Å². The molecule has 1 N–H and O–H groups in total. The Morgan fingerprint density at radius 2 is 2.29 bits per heavy atom. The van der Waals surface area contributed by atoms with Gasteiger partial charge in [0.15, 0.2) is 5.65 Å². The Bertz CT molecular complexity index is 494. The molecule has 0 aromatic carbocycles. The van der Waals surface area contributed by atoms with Crippen LogP contribution in [-0.2, 0) is 7.05 Å². The summed E-state index contributed by atoms with van der Waals surface area (Å²) in [5, 5.41) is 8.63. The van der Waals surface area contributed by atoms with Crippen LogP contribution in [0, 0.1) is 0 Å². The maximum Gasteiger partial charge on any atom is 0.163 e. The van der Waals surface area contributed by atoms with Crippen molar-refractivity contribution in [3.63, 3.8) is 0 Å². The molecule has 0 spiro atoms. The standard InChI is InChI=1S/C11H16ClN5/c1-8(12)4-3-5-13-10-9-6-16-17(2)11(9)15-7-14-10/h6-8H,3-5H2,1-2H3,(H,13,14,15). The fourth-order valence-electron chi connectivity index (χ4n) is 1.69. The second-order valence-electron chi connectivity index (χ2n) is 4.08. The third kappa shape index (κ3) is 2.85. The van der Waals surface area contributed by atoms with E-state index >= 15 is 0 Å². The SMILES string of the molecule is CC(Cl)CCCNc1ncnc2c1cnn2C. The van der Waals surface area contributed by atoms with Crippen molar-refractivity contribution in [3.8, 4) is 0 Å². The number of aryl methyl sites for hydroxylation is 1. The number of hydrogen-bond donors (Lipinski definition) is 1. The minimum Gasteiger partial charge on any atom is -0.369 e. The number of nitrogens with zero attached hydrogens (tertiary/aromatic N) is 4. The molecular formula is C11H16ClN5. The summed E-state index contributed by atoms with van der Waals surface area (Å²) in [7, 11) is 1.87. The average molecular weight is 254 g/mol. The molecule has 0 saturated carbocycles. The van der Waals surface area contributed by atoms with E-state index in [0.29, 0.717) is 0 Å². The van der Waals surface area contributed by atoms with Crippen molar-refractivity contribution >= 4 is 28.5 Å². The molecule has 5 nitrogen and oxygen atoms in total. The Morgan fingerprint density at radius 3 is 3.06 bits per heavy atom. The maximum atomic E-state index is 5.89. The topological polar surface area (TPSA) is 55.6 Å². The summed E-state index contributed by atoms with van der Waals surface area (Å²) in [4.78, 5) is 8.41. The average Bonchev–Trinajstić information content (AvgIpc) is 2.67. The third-order valence-electron chi connectivity index (χ3n) is 2.60.